The molecule has 0 spiro atoms. The molecule has 0 aliphatic carbocycles. The fourth-order valence-corrected chi connectivity index (χ4v) is 2.32. The fraction of sp³-hybridized carbons (Fsp3) is 0.375. The molecule has 1 heterocycles. The lowest BCUT2D eigenvalue weighted by Crippen LogP contribution is -2.44. The Morgan fingerprint density at radius 2 is 1.95 bits per heavy atom. The van der Waals surface area contributed by atoms with E-state index in [0.717, 1.165) is 10.9 Å². The summed E-state index contributed by atoms with van der Waals surface area (Å²) in [5.74, 6) is -1.38. The molecule has 0 saturated heterocycles. The molecule has 112 valence electrons. The lowest BCUT2D eigenvalue weighted by Gasteiger charge is -2.18. The third-order valence-corrected chi connectivity index (χ3v) is 3.51. The maximum Gasteiger partial charge on any atom is 0.326 e. The molecule has 0 aliphatic rings. The molecule has 5 nitrogen and oxygen atoms in total. The summed E-state index contributed by atoms with van der Waals surface area (Å²) in [5, 5.41) is 12.8. The lowest BCUT2D eigenvalue weighted by atomic mass is 10.0. The van der Waals surface area contributed by atoms with Crippen LogP contribution in [0.3, 0.4) is 0 Å². The number of para-hydroxylation sites is 1. The zero-order valence-electron chi connectivity index (χ0n) is 12.2. The van der Waals surface area contributed by atoms with E-state index in [9.17, 15) is 9.59 Å². The average molecular weight is 288 g/mol. The van der Waals surface area contributed by atoms with Crippen LogP contribution in [-0.2, 0) is 16.1 Å². The van der Waals surface area contributed by atoms with Crippen molar-refractivity contribution in [3.05, 3.63) is 36.5 Å². The van der Waals surface area contributed by atoms with Gasteiger partial charge >= 0.3 is 5.97 Å². The first-order chi connectivity index (χ1) is 9.99. The van der Waals surface area contributed by atoms with Crippen molar-refractivity contribution < 1.29 is 14.7 Å². The number of aryl methyl sites for hydroxylation is 1. The molecule has 0 saturated carbocycles. The van der Waals surface area contributed by atoms with E-state index in [1.807, 2.05) is 41.1 Å². The third kappa shape index (κ3) is 3.62. The van der Waals surface area contributed by atoms with Crippen molar-refractivity contribution in [1.82, 2.24) is 9.88 Å². The van der Waals surface area contributed by atoms with Crippen molar-refractivity contribution >= 4 is 22.8 Å². The molecule has 1 atom stereocenters. The first-order valence-corrected chi connectivity index (χ1v) is 7.05. The molecule has 1 aromatic carbocycles. The molecule has 0 bridgehead atoms. The Labute approximate surface area is 123 Å². The third-order valence-electron chi connectivity index (χ3n) is 3.51. The van der Waals surface area contributed by atoms with Gasteiger partial charge in [-0.05, 0) is 23.4 Å². The van der Waals surface area contributed by atoms with Crippen LogP contribution in [0.4, 0.5) is 0 Å². The highest BCUT2D eigenvalue weighted by Gasteiger charge is 2.23. The number of nitrogens with zero attached hydrogens (tertiary/aromatic N) is 1. The van der Waals surface area contributed by atoms with Gasteiger partial charge in [-0.1, -0.05) is 32.0 Å². The molecule has 0 aliphatic heterocycles. The Morgan fingerprint density at radius 3 is 2.62 bits per heavy atom. The molecule has 0 fully saturated rings. The van der Waals surface area contributed by atoms with Crippen LogP contribution >= 0.6 is 0 Å². The Kier molecular flexibility index (Phi) is 4.62. The molecule has 1 aromatic heterocycles. The van der Waals surface area contributed by atoms with Crippen LogP contribution in [-0.4, -0.2) is 27.6 Å². The number of amides is 1. The van der Waals surface area contributed by atoms with Gasteiger partial charge in [-0.25, -0.2) is 4.79 Å². The van der Waals surface area contributed by atoms with Gasteiger partial charge in [-0.2, -0.15) is 0 Å². The Morgan fingerprint density at radius 1 is 1.24 bits per heavy atom. The normalized spacial score (nSPS) is 12.5. The number of aromatic nitrogens is 1. The lowest BCUT2D eigenvalue weighted by molar-refractivity contribution is -0.143. The van der Waals surface area contributed by atoms with E-state index in [1.54, 1.807) is 13.8 Å². The summed E-state index contributed by atoms with van der Waals surface area (Å²) < 4.78 is 2.00. The zero-order valence-corrected chi connectivity index (χ0v) is 12.2. The molecule has 0 unspecified atom stereocenters. The number of carboxylic acids is 1. The second-order valence-electron chi connectivity index (χ2n) is 5.45. The van der Waals surface area contributed by atoms with Gasteiger partial charge in [0.1, 0.15) is 6.04 Å². The number of hydrogen-bond acceptors (Lipinski definition) is 2. The highest BCUT2D eigenvalue weighted by molar-refractivity contribution is 5.84. The van der Waals surface area contributed by atoms with Crippen LogP contribution in [0.5, 0.6) is 0 Å². The highest BCUT2D eigenvalue weighted by atomic mass is 16.4. The molecule has 2 aromatic rings. The van der Waals surface area contributed by atoms with Crippen LogP contribution in [0.25, 0.3) is 10.9 Å². The van der Waals surface area contributed by atoms with Gasteiger partial charge in [0.15, 0.2) is 0 Å². The molecular formula is C16H20N2O3. The van der Waals surface area contributed by atoms with E-state index >= 15 is 0 Å². The van der Waals surface area contributed by atoms with Crippen LogP contribution < -0.4 is 5.32 Å². The molecule has 2 rings (SSSR count). The fourth-order valence-electron chi connectivity index (χ4n) is 2.32. The zero-order chi connectivity index (χ0) is 15.4. The molecular weight excluding hydrogens is 268 g/mol. The molecule has 1 amide bonds. The summed E-state index contributed by atoms with van der Waals surface area (Å²) in [4.78, 5) is 23.0. The monoisotopic (exact) mass is 288 g/mol. The summed E-state index contributed by atoms with van der Waals surface area (Å²) in [7, 11) is 0. The predicted molar refractivity (Wildman–Crippen MR) is 81.0 cm³/mol. The number of carbonyl (C=O) groups excluding carboxylic acids is 1. The van der Waals surface area contributed by atoms with Gasteiger partial charge in [0, 0.05) is 24.7 Å². The summed E-state index contributed by atoms with van der Waals surface area (Å²) in [6.45, 7) is 4.08. The Bertz CT molecular complexity index is 646. The average Bonchev–Trinajstić information content (AvgIpc) is 2.85. The largest absolute Gasteiger partial charge is 0.480 e. The first kappa shape index (κ1) is 15.1. The van der Waals surface area contributed by atoms with E-state index in [0.29, 0.717) is 6.54 Å². The second-order valence-corrected chi connectivity index (χ2v) is 5.45. The molecule has 5 heteroatoms. The SMILES string of the molecule is CC(C)[C@H](NC(=O)CCn1ccc2ccccc21)C(=O)O. The Hall–Kier alpha value is -2.30. The van der Waals surface area contributed by atoms with Crippen molar-refractivity contribution in [1.29, 1.82) is 0 Å². The van der Waals surface area contributed by atoms with Gasteiger partial charge in [0.05, 0.1) is 0 Å². The van der Waals surface area contributed by atoms with Crippen LogP contribution in [0.2, 0.25) is 0 Å². The molecule has 2 N–H and O–H groups in total. The van der Waals surface area contributed by atoms with Crippen molar-refractivity contribution in [2.24, 2.45) is 5.92 Å². The number of hydrogen-bond donors (Lipinski definition) is 2. The second kappa shape index (κ2) is 6.43. The minimum Gasteiger partial charge on any atom is -0.480 e. The van der Waals surface area contributed by atoms with E-state index in [1.165, 1.54) is 0 Å². The number of rotatable bonds is 6. The van der Waals surface area contributed by atoms with Crippen molar-refractivity contribution in [3.63, 3.8) is 0 Å². The number of fused-ring (bicyclic) bond motifs is 1. The maximum atomic E-state index is 11.9. The number of carboxylic acid groups (broad SMARTS) is 1. The van der Waals surface area contributed by atoms with Crippen molar-refractivity contribution in [3.8, 4) is 0 Å². The van der Waals surface area contributed by atoms with E-state index in [4.69, 9.17) is 5.11 Å². The van der Waals surface area contributed by atoms with E-state index in [2.05, 4.69) is 5.32 Å². The van der Waals surface area contributed by atoms with Crippen molar-refractivity contribution in [2.75, 3.05) is 0 Å². The smallest absolute Gasteiger partial charge is 0.326 e. The number of benzene rings is 1. The van der Waals surface area contributed by atoms with Gasteiger partial charge < -0.3 is 15.0 Å². The standard InChI is InChI=1S/C16H20N2O3/c1-11(2)15(16(20)21)17-14(19)8-10-18-9-7-12-5-3-4-6-13(12)18/h3-7,9,11,15H,8,10H2,1-2H3,(H,17,19)(H,20,21)/t15-/m0/s1. The molecule has 21 heavy (non-hydrogen) atoms. The summed E-state index contributed by atoms with van der Waals surface area (Å²) in [5.41, 5.74) is 1.07. The van der Waals surface area contributed by atoms with Crippen LogP contribution in [0, 0.1) is 5.92 Å². The summed E-state index contributed by atoms with van der Waals surface area (Å²) in [6, 6.07) is 9.12. The van der Waals surface area contributed by atoms with E-state index < -0.39 is 12.0 Å². The van der Waals surface area contributed by atoms with Gasteiger partial charge in [0.2, 0.25) is 5.91 Å². The summed E-state index contributed by atoms with van der Waals surface area (Å²) >= 11 is 0. The van der Waals surface area contributed by atoms with Gasteiger partial charge in [0.25, 0.3) is 0 Å². The van der Waals surface area contributed by atoms with Crippen LogP contribution in [0.1, 0.15) is 20.3 Å². The number of aliphatic carboxylic acids is 1. The first-order valence-electron chi connectivity index (χ1n) is 7.05. The van der Waals surface area contributed by atoms with Gasteiger partial charge in [-0.15, -0.1) is 0 Å². The highest BCUT2D eigenvalue weighted by Crippen LogP contribution is 2.15. The maximum absolute atomic E-state index is 11.9. The van der Waals surface area contributed by atoms with E-state index in [-0.39, 0.29) is 18.2 Å². The predicted octanol–water partition coefficient (Wildman–Crippen LogP) is 2.26. The number of carbonyl (C=O) groups is 2. The minimum atomic E-state index is -0.996. The minimum absolute atomic E-state index is 0.140. The quantitative estimate of drug-likeness (QED) is 0.856. The Balaban J connectivity index is 1.96. The summed E-state index contributed by atoms with van der Waals surface area (Å²) in [6.07, 6.45) is 2.20. The van der Waals surface area contributed by atoms with Gasteiger partial charge in [-0.3, -0.25) is 4.79 Å². The van der Waals surface area contributed by atoms with Crippen LogP contribution in [0.15, 0.2) is 36.5 Å². The van der Waals surface area contributed by atoms with Crippen molar-refractivity contribution in [2.45, 2.75) is 32.9 Å². The molecule has 0 radical (unpaired) electrons. The topological polar surface area (TPSA) is 71.3 Å². The number of nitrogens with one attached hydrogen (secondary N) is 1.